The SMILES string of the molecule is CN1CCN(c2ccc(NC(=O)c3cnc4[nH]cc(-c5ccc6c(c5)C5(CCN(C)CC5)CC6=O)c4c3)cn2)CC1. The summed E-state index contributed by atoms with van der Waals surface area (Å²) in [7, 11) is 4.28. The molecule has 9 heteroatoms. The second kappa shape index (κ2) is 10.1. The van der Waals surface area contributed by atoms with Gasteiger partial charge in [0.25, 0.3) is 5.91 Å². The summed E-state index contributed by atoms with van der Waals surface area (Å²) < 4.78 is 0. The van der Waals surface area contributed by atoms with Crippen molar-refractivity contribution in [2.24, 2.45) is 0 Å². The van der Waals surface area contributed by atoms with Gasteiger partial charge in [-0.1, -0.05) is 12.1 Å². The number of H-pyrrole nitrogens is 1. The van der Waals surface area contributed by atoms with Crippen LogP contribution in [0.4, 0.5) is 11.5 Å². The number of piperazine rings is 1. The number of hydrogen-bond acceptors (Lipinski definition) is 7. The van der Waals surface area contributed by atoms with Gasteiger partial charge in [-0.05, 0) is 75.4 Å². The number of Topliss-reactive ketones (excluding diaryl/α,β-unsaturated/α-hetero) is 1. The maximum Gasteiger partial charge on any atom is 0.257 e. The monoisotopic (exact) mass is 549 g/mol. The average Bonchev–Trinajstić information content (AvgIpc) is 3.53. The van der Waals surface area contributed by atoms with Crippen LogP contribution in [0.5, 0.6) is 0 Å². The highest BCUT2D eigenvalue weighted by molar-refractivity contribution is 6.07. The number of rotatable bonds is 4. The van der Waals surface area contributed by atoms with Crippen molar-refractivity contribution in [3.8, 4) is 11.1 Å². The van der Waals surface area contributed by atoms with E-state index in [0.717, 1.165) is 85.7 Å². The molecule has 2 N–H and O–H groups in total. The fraction of sp³-hybridized carbons (Fsp3) is 0.375. The molecule has 1 aromatic carbocycles. The molecule has 1 amide bonds. The van der Waals surface area contributed by atoms with Gasteiger partial charge in [0.15, 0.2) is 5.78 Å². The van der Waals surface area contributed by atoms with E-state index in [9.17, 15) is 9.59 Å². The molecule has 7 rings (SSSR count). The van der Waals surface area contributed by atoms with Crippen LogP contribution in [0.3, 0.4) is 0 Å². The zero-order valence-electron chi connectivity index (χ0n) is 23.6. The number of likely N-dealkylation sites (N-methyl/N-ethyl adjacent to an activating group) is 1. The molecule has 4 aromatic rings. The Balaban J connectivity index is 1.13. The molecule has 41 heavy (non-hydrogen) atoms. The Morgan fingerprint density at radius 2 is 1.68 bits per heavy atom. The Kier molecular flexibility index (Phi) is 6.36. The van der Waals surface area contributed by atoms with Crippen LogP contribution in [0.1, 0.15) is 45.5 Å². The standard InChI is InChI=1S/C32H35N7O2/c1-37-9-7-32(8-10-37)17-28(40)24-5-3-21(16-27(24)32)26-20-35-30-25(26)15-22(18-34-30)31(41)36-23-4-6-29(33-19-23)39-13-11-38(2)12-14-39/h3-6,15-16,18-20H,7-14,17H2,1-2H3,(H,34,35)(H,36,41). The van der Waals surface area contributed by atoms with Gasteiger partial charge in [0.1, 0.15) is 11.5 Å². The van der Waals surface area contributed by atoms with Gasteiger partial charge in [-0.25, -0.2) is 9.97 Å². The van der Waals surface area contributed by atoms with E-state index in [1.165, 1.54) is 5.56 Å². The highest BCUT2D eigenvalue weighted by Crippen LogP contribution is 2.47. The highest BCUT2D eigenvalue weighted by atomic mass is 16.1. The van der Waals surface area contributed by atoms with Crippen molar-refractivity contribution in [3.05, 3.63) is 71.7 Å². The van der Waals surface area contributed by atoms with Gasteiger partial charge >= 0.3 is 0 Å². The number of carbonyl (C=O) groups excluding carboxylic acids is 2. The number of aromatic nitrogens is 3. The zero-order valence-corrected chi connectivity index (χ0v) is 23.6. The van der Waals surface area contributed by atoms with Gasteiger partial charge < -0.3 is 25.0 Å². The van der Waals surface area contributed by atoms with Crippen molar-refractivity contribution in [1.82, 2.24) is 24.8 Å². The van der Waals surface area contributed by atoms with Crippen molar-refractivity contribution in [3.63, 3.8) is 0 Å². The third kappa shape index (κ3) is 4.69. The molecule has 1 aliphatic carbocycles. The molecule has 0 bridgehead atoms. The van der Waals surface area contributed by atoms with E-state index in [0.29, 0.717) is 17.7 Å². The van der Waals surface area contributed by atoms with Gasteiger partial charge in [-0.3, -0.25) is 9.59 Å². The summed E-state index contributed by atoms with van der Waals surface area (Å²) in [6.07, 6.45) is 7.85. The number of nitrogens with zero attached hydrogens (tertiary/aromatic N) is 5. The number of hydrogen-bond donors (Lipinski definition) is 2. The summed E-state index contributed by atoms with van der Waals surface area (Å²) in [5, 5.41) is 3.85. The van der Waals surface area contributed by atoms with Crippen molar-refractivity contribution in [1.29, 1.82) is 0 Å². The number of piperidine rings is 1. The summed E-state index contributed by atoms with van der Waals surface area (Å²) in [6, 6.07) is 12.0. The molecule has 0 unspecified atom stereocenters. The zero-order chi connectivity index (χ0) is 28.1. The number of anilines is 2. The van der Waals surface area contributed by atoms with E-state index < -0.39 is 0 Å². The Morgan fingerprint density at radius 1 is 0.902 bits per heavy atom. The summed E-state index contributed by atoms with van der Waals surface area (Å²) >= 11 is 0. The fourth-order valence-corrected chi connectivity index (χ4v) is 6.64. The normalized spacial score (nSPS) is 19.2. The number of ketones is 1. The Hall–Kier alpha value is -4.08. The molecule has 1 spiro atoms. The minimum absolute atomic E-state index is 0.0712. The smallest absolute Gasteiger partial charge is 0.257 e. The Morgan fingerprint density at radius 3 is 2.44 bits per heavy atom. The van der Waals surface area contributed by atoms with E-state index in [2.05, 4.69) is 55.1 Å². The maximum absolute atomic E-state index is 13.2. The average molecular weight is 550 g/mol. The van der Waals surface area contributed by atoms with Crippen LogP contribution in [0, 0.1) is 0 Å². The Bertz CT molecular complexity index is 1630. The second-order valence-corrected chi connectivity index (χ2v) is 11.9. The predicted octanol–water partition coefficient (Wildman–Crippen LogP) is 4.18. The van der Waals surface area contributed by atoms with Gasteiger partial charge in [-0.15, -0.1) is 0 Å². The first-order valence-electron chi connectivity index (χ1n) is 14.4. The second-order valence-electron chi connectivity index (χ2n) is 11.9. The molecule has 2 aliphatic heterocycles. The molecular weight excluding hydrogens is 514 g/mol. The number of carbonyl (C=O) groups is 2. The van der Waals surface area contributed by atoms with Crippen molar-refractivity contribution >= 4 is 34.2 Å². The molecule has 2 fully saturated rings. The number of aromatic amines is 1. The first-order chi connectivity index (χ1) is 19.9. The van der Waals surface area contributed by atoms with Crippen molar-refractivity contribution in [2.75, 3.05) is 63.6 Å². The lowest BCUT2D eigenvalue weighted by molar-refractivity contribution is 0.0945. The van der Waals surface area contributed by atoms with Crippen LogP contribution in [-0.4, -0.2) is 89.8 Å². The van der Waals surface area contributed by atoms with Crippen LogP contribution < -0.4 is 10.2 Å². The molecule has 0 radical (unpaired) electrons. The molecule has 0 atom stereocenters. The van der Waals surface area contributed by atoms with E-state index in [-0.39, 0.29) is 17.1 Å². The lowest BCUT2D eigenvalue weighted by Gasteiger charge is -2.38. The van der Waals surface area contributed by atoms with E-state index in [4.69, 9.17) is 0 Å². The number of nitrogens with one attached hydrogen (secondary N) is 2. The first kappa shape index (κ1) is 25.9. The quantitative estimate of drug-likeness (QED) is 0.394. The van der Waals surface area contributed by atoms with Gasteiger partial charge in [-0.2, -0.15) is 0 Å². The summed E-state index contributed by atoms with van der Waals surface area (Å²) in [5.74, 6) is 0.946. The third-order valence-corrected chi connectivity index (χ3v) is 9.27. The Labute approximate surface area is 239 Å². The molecule has 2 saturated heterocycles. The number of benzene rings is 1. The van der Waals surface area contributed by atoms with Crippen molar-refractivity contribution in [2.45, 2.75) is 24.7 Å². The van der Waals surface area contributed by atoms with E-state index >= 15 is 0 Å². The molecule has 0 saturated carbocycles. The van der Waals surface area contributed by atoms with Gasteiger partial charge in [0.05, 0.1) is 17.4 Å². The molecule has 5 heterocycles. The van der Waals surface area contributed by atoms with Crippen LogP contribution in [0.15, 0.2) is 55.0 Å². The molecule has 3 aliphatic rings. The summed E-state index contributed by atoms with van der Waals surface area (Å²) in [5.41, 5.74) is 5.83. The molecule has 210 valence electrons. The van der Waals surface area contributed by atoms with Gasteiger partial charge in [0, 0.05) is 66.9 Å². The van der Waals surface area contributed by atoms with Gasteiger partial charge in [0.2, 0.25) is 0 Å². The topological polar surface area (TPSA) is 97.5 Å². The molecule has 3 aromatic heterocycles. The molecular formula is C32H35N7O2. The van der Waals surface area contributed by atoms with Crippen molar-refractivity contribution < 1.29 is 9.59 Å². The molecule has 9 nitrogen and oxygen atoms in total. The first-order valence-corrected chi connectivity index (χ1v) is 14.4. The van der Waals surface area contributed by atoms with Crippen LogP contribution in [0.2, 0.25) is 0 Å². The minimum atomic E-state index is -0.231. The maximum atomic E-state index is 13.2. The summed E-state index contributed by atoms with van der Waals surface area (Å²) in [4.78, 5) is 45.5. The lowest BCUT2D eigenvalue weighted by Crippen LogP contribution is -2.44. The van der Waals surface area contributed by atoms with Crippen LogP contribution >= 0.6 is 0 Å². The minimum Gasteiger partial charge on any atom is -0.354 e. The summed E-state index contributed by atoms with van der Waals surface area (Å²) in [6.45, 7) is 5.91. The number of fused-ring (bicyclic) bond motifs is 3. The number of amides is 1. The highest BCUT2D eigenvalue weighted by Gasteiger charge is 2.44. The number of pyridine rings is 2. The number of likely N-dealkylation sites (tertiary alicyclic amines) is 1. The fourth-order valence-electron chi connectivity index (χ4n) is 6.64. The van der Waals surface area contributed by atoms with Crippen LogP contribution in [0.25, 0.3) is 22.2 Å². The van der Waals surface area contributed by atoms with Crippen LogP contribution in [-0.2, 0) is 5.41 Å². The lowest BCUT2D eigenvalue weighted by atomic mass is 9.73. The van der Waals surface area contributed by atoms with E-state index in [1.54, 1.807) is 12.4 Å². The van der Waals surface area contributed by atoms with E-state index in [1.807, 2.05) is 36.5 Å². The third-order valence-electron chi connectivity index (χ3n) is 9.27. The largest absolute Gasteiger partial charge is 0.354 e. The predicted molar refractivity (Wildman–Crippen MR) is 161 cm³/mol.